The number of imidazole rings is 1. The van der Waals surface area contributed by atoms with Gasteiger partial charge in [0.15, 0.2) is 0 Å². The average Bonchev–Trinajstić information content (AvgIpc) is 2.81. The van der Waals surface area contributed by atoms with Crippen molar-refractivity contribution in [3.8, 4) is 5.75 Å². The SMILES string of the molecule is Nc1nc2ccccc2n1CCCOc1ccc(Br)cc1. The number of ether oxygens (including phenoxy) is 1. The third-order valence-corrected chi connectivity index (χ3v) is 3.82. The first kappa shape index (κ1) is 13.9. The van der Waals surface area contributed by atoms with E-state index in [1.165, 1.54) is 0 Å². The maximum Gasteiger partial charge on any atom is 0.201 e. The molecule has 0 bridgehead atoms. The zero-order valence-corrected chi connectivity index (χ0v) is 13.1. The van der Waals surface area contributed by atoms with Crippen molar-refractivity contribution in [2.24, 2.45) is 0 Å². The van der Waals surface area contributed by atoms with Crippen LogP contribution in [-0.4, -0.2) is 16.2 Å². The topological polar surface area (TPSA) is 53.1 Å². The second-order valence-corrected chi connectivity index (χ2v) is 5.68. The fourth-order valence-corrected chi connectivity index (χ4v) is 2.54. The fraction of sp³-hybridized carbons (Fsp3) is 0.188. The third-order valence-electron chi connectivity index (χ3n) is 3.29. The molecule has 108 valence electrons. The molecule has 4 nitrogen and oxygen atoms in total. The Bertz CT molecular complexity index is 737. The lowest BCUT2D eigenvalue weighted by atomic mass is 10.3. The molecule has 1 heterocycles. The number of hydrogen-bond acceptors (Lipinski definition) is 3. The van der Waals surface area contributed by atoms with Crippen molar-refractivity contribution in [1.82, 2.24) is 9.55 Å². The Labute approximate surface area is 131 Å². The number of nitrogens with two attached hydrogens (primary N) is 1. The molecule has 0 atom stereocenters. The largest absolute Gasteiger partial charge is 0.494 e. The van der Waals surface area contributed by atoms with Crippen LogP contribution in [0.25, 0.3) is 11.0 Å². The first-order valence-electron chi connectivity index (χ1n) is 6.83. The molecule has 1 aromatic heterocycles. The Morgan fingerprint density at radius 3 is 2.67 bits per heavy atom. The summed E-state index contributed by atoms with van der Waals surface area (Å²) in [5.41, 5.74) is 7.97. The number of halogens is 1. The molecule has 2 N–H and O–H groups in total. The minimum Gasteiger partial charge on any atom is -0.494 e. The zero-order chi connectivity index (χ0) is 14.7. The predicted octanol–water partition coefficient (Wildman–Crippen LogP) is 3.85. The van der Waals surface area contributed by atoms with Crippen LogP contribution in [0.5, 0.6) is 5.75 Å². The standard InChI is InChI=1S/C16H16BrN3O/c17-12-6-8-13(9-7-12)21-11-3-10-20-15-5-2-1-4-14(15)19-16(20)18/h1-2,4-9H,3,10-11H2,(H2,18,19). The Balaban J connectivity index is 1.59. The van der Waals surface area contributed by atoms with Crippen LogP contribution in [0.4, 0.5) is 5.95 Å². The van der Waals surface area contributed by atoms with Crippen molar-refractivity contribution in [2.45, 2.75) is 13.0 Å². The highest BCUT2D eigenvalue weighted by molar-refractivity contribution is 9.10. The highest BCUT2D eigenvalue weighted by Gasteiger charge is 2.06. The molecule has 5 heteroatoms. The van der Waals surface area contributed by atoms with Gasteiger partial charge in [0.25, 0.3) is 0 Å². The van der Waals surface area contributed by atoms with Crippen molar-refractivity contribution in [2.75, 3.05) is 12.3 Å². The van der Waals surface area contributed by atoms with Gasteiger partial charge in [0, 0.05) is 11.0 Å². The van der Waals surface area contributed by atoms with Gasteiger partial charge < -0.3 is 15.0 Å². The molecule has 0 unspecified atom stereocenters. The van der Waals surface area contributed by atoms with Crippen molar-refractivity contribution >= 4 is 32.9 Å². The number of nitrogen functional groups attached to an aromatic ring is 1. The Kier molecular flexibility index (Phi) is 4.10. The minimum absolute atomic E-state index is 0.555. The molecule has 0 fully saturated rings. The number of nitrogens with zero attached hydrogens (tertiary/aromatic N) is 2. The smallest absolute Gasteiger partial charge is 0.201 e. The highest BCUT2D eigenvalue weighted by Crippen LogP contribution is 2.19. The number of aromatic nitrogens is 2. The highest BCUT2D eigenvalue weighted by atomic mass is 79.9. The number of aryl methyl sites for hydroxylation is 1. The summed E-state index contributed by atoms with van der Waals surface area (Å²) in [5, 5.41) is 0. The molecule has 3 rings (SSSR count). The van der Waals surface area contributed by atoms with Gasteiger partial charge in [-0.15, -0.1) is 0 Å². The van der Waals surface area contributed by atoms with Crippen LogP contribution in [0.15, 0.2) is 53.0 Å². The first-order chi connectivity index (χ1) is 10.2. The molecule has 0 aliphatic carbocycles. The normalized spacial score (nSPS) is 10.9. The van der Waals surface area contributed by atoms with Crippen LogP contribution in [0.3, 0.4) is 0 Å². The molecule has 0 amide bonds. The zero-order valence-electron chi connectivity index (χ0n) is 11.5. The molecule has 21 heavy (non-hydrogen) atoms. The van der Waals surface area contributed by atoms with Crippen molar-refractivity contribution in [1.29, 1.82) is 0 Å². The lowest BCUT2D eigenvalue weighted by Crippen LogP contribution is -2.07. The molecule has 3 aromatic rings. The summed E-state index contributed by atoms with van der Waals surface area (Å²) in [6, 6.07) is 15.8. The van der Waals surface area contributed by atoms with Gasteiger partial charge in [-0.05, 0) is 42.8 Å². The second kappa shape index (κ2) is 6.18. The molecule has 2 aromatic carbocycles. The third kappa shape index (κ3) is 3.19. The van der Waals surface area contributed by atoms with Crippen LogP contribution in [0.1, 0.15) is 6.42 Å². The molecular formula is C16H16BrN3O. The summed E-state index contributed by atoms with van der Waals surface area (Å²) in [7, 11) is 0. The van der Waals surface area contributed by atoms with Crippen molar-refractivity contribution in [3.05, 3.63) is 53.0 Å². The summed E-state index contributed by atoms with van der Waals surface area (Å²) in [5.74, 6) is 1.43. The molecule has 0 saturated heterocycles. The van der Waals surface area contributed by atoms with Gasteiger partial charge in [-0.3, -0.25) is 0 Å². The number of fused-ring (bicyclic) bond motifs is 1. The van der Waals surface area contributed by atoms with Crippen LogP contribution in [0.2, 0.25) is 0 Å². The van der Waals surface area contributed by atoms with E-state index in [0.717, 1.165) is 34.2 Å². The van der Waals surface area contributed by atoms with Gasteiger partial charge >= 0.3 is 0 Å². The first-order valence-corrected chi connectivity index (χ1v) is 7.62. The van der Waals surface area contributed by atoms with Gasteiger partial charge in [-0.25, -0.2) is 4.98 Å². The Hall–Kier alpha value is -2.01. The van der Waals surface area contributed by atoms with E-state index >= 15 is 0 Å². The van der Waals surface area contributed by atoms with E-state index in [-0.39, 0.29) is 0 Å². The van der Waals surface area contributed by atoms with Crippen LogP contribution in [-0.2, 0) is 6.54 Å². The van der Waals surface area contributed by atoms with E-state index < -0.39 is 0 Å². The van der Waals surface area contributed by atoms with Gasteiger partial charge in [0.2, 0.25) is 5.95 Å². The van der Waals surface area contributed by atoms with Crippen LogP contribution < -0.4 is 10.5 Å². The Morgan fingerprint density at radius 2 is 1.86 bits per heavy atom. The molecule has 0 aliphatic heterocycles. The van der Waals surface area contributed by atoms with Crippen molar-refractivity contribution < 1.29 is 4.74 Å². The number of rotatable bonds is 5. The molecule has 0 spiro atoms. The van der Waals surface area contributed by atoms with Gasteiger partial charge in [-0.2, -0.15) is 0 Å². The van der Waals surface area contributed by atoms with Crippen molar-refractivity contribution in [3.63, 3.8) is 0 Å². The minimum atomic E-state index is 0.555. The van der Waals surface area contributed by atoms with E-state index in [4.69, 9.17) is 10.5 Å². The van der Waals surface area contributed by atoms with Gasteiger partial charge in [0.1, 0.15) is 5.75 Å². The molecular weight excluding hydrogens is 330 g/mol. The average molecular weight is 346 g/mol. The number of para-hydroxylation sites is 2. The monoisotopic (exact) mass is 345 g/mol. The van der Waals surface area contributed by atoms with E-state index in [1.807, 2.05) is 53.1 Å². The number of anilines is 1. The van der Waals surface area contributed by atoms with E-state index in [2.05, 4.69) is 20.9 Å². The fourth-order valence-electron chi connectivity index (χ4n) is 2.27. The number of hydrogen-bond donors (Lipinski definition) is 1. The Morgan fingerprint density at radius 1 is 1.10 bits per heavy atom. The van der Waals surface area contributed by atoms with Gasteiger partial charge in [0.05, 0.1) is 17.6 Å². The summed E-state index contributed by atoms with van der Waals surface area (Å²) < 4.78 is 8.79. The molecule has 0 aliphatic rings. The summed E-state index contributed by atoms with van der Waals surface area (Å²) in [4.78, 5) is 4.35. The lowest BCUT2D eigenvalue weighted by molar-refractivity contribution is 0.303. The summed E-state index contributed by atoms with van der Waals surface area (Å²) in [6.07, 6.45) is 0.876. The molecule has 0 radical (unpaired) electrons. The maximum absolute atomic E-state index is 5.97. The van der Waals surface area contributed by atoms with Crippen LogP contribution in [0, 0.1) is 0 Å². The number of benzene rings is 2. The quantitative estimate of drug-likeness (QED) is 0.714. The summed E-state index contributed by atoms with van der Waals surface area (Å²) >= 11 is 3.40. The van der Waals surface area contributed by atoms with E-state index in [1.54, 1.807) is 0 Å². The van der Waals surface area contributed by atoms with E-state index in [9.17, 15) is 0 Å². The molecule has 0 saturated carbocycles. The maximum atomic E-state index is 5.97. The second-order valence-electron chi connectivity index (χ2n) is 4.77. The predicted molar refractivity (Wildman–Crippen MR) is 88.4 cm³/mol. The summed E-state index contributed by atoms with van der Waals surface area (Å²) in [6.45, 7) is 1.44. The van der Waals surface area contributed by atoms with Gasteiger partial charge in [-0.1, -0.05) is 28.1 Å². The van der Waals surface area contributed by atoms with E-state index in [0.29, 0.717) is 12.6 Å². The van der Waals surface area contributed by atoms with Crippen LogP contribution >= 0.6 is 15.9 Å². The lowest BCUT2D eigenvalue weighted by Gasteiger charge is -2.08.